The molecule has 2 atom stereocenters. The summed E-state index contributed by atoms with van der Waals surface area (Å²) in [4.78, 5) is 24.6. The van der Waals surface area contributed by atoms with Gasteiger partial charge >= 0.3 is 5.97 Å². The second kappa shape index (κ2) is 9.49. The second-order valence-corrected chi connectivity index (χ2v) is 10.8. The minimum Gasteiger partial charge on any atom is -0.508 e. The Morgan fingerprint density at radius 2 is 1.90 bits per heavy atom. The Hall–Kier alpha value is -2.25. The normalized spacial score (nSPS) is 24.2. The van der Waals surface area contributed by atoms with Gasteiger partial charge in [-0.3, -0.25) is 14.3 Å². The number of hydrogen-bond acceptors (Lipinski definition) is 5. The quantitative estimate of drug-likeness (QED) is 0.360. The van der Waals surface area contributed by atoms with E-state index in [1.807, 2.05) is 4.90 Å². The molecule has 9 heteroatoms. The van der Waals surface area contributed by atoms with Gasteiger partial charge in [-0.1, -0.05) is 24.6 Å². The molecule has 0 aliphatic carbocycles. The van der Waals surface area contributed by atoms with Gasteiger partial charge in [0.25, 0.3) is 0 Å². The van der Waals surface area contributed by atoms with Gasteiger partial charge in [0.05, 0.1) is 0 Å². The Bertz CT molecular complexity index is 984. The fourth-order valence-electron chi connectivity index (χ4n) is 4.16. The third-order valence-electron chi connectivity index (χ3n) is 5.96. The number of aliphatic carboxylic acids is 1. The average molecular weight is 450 g/mol. The van der Waals surface area contributed by atoms with E-state index < -0.39 is 24.3 Å². The molecule has 2 unspecified atom stereocenters. The van der Waals surface area contributed by atoms with Crippen molar-refractivity contribution in [2.45, 2.75) is 31.0 Å². The van der Waals surface area contributed by atoms with Crippen LogP contribution in [0.4, 0.5) is 4.39 Å². The number of phenolic OH excluding ortho intramolecular Hbond substituents is 1. The molecule has 0 saturated carbocycles. The smallest absolute Gasteiger partial charge is 0.320 e. The summed E-state index contributed by atoms with van der Waals surface area (Å²) in [6.07, 6.45) is 1.00. The van der Waals surface area contributed by atoms with Gasteiger partial charge in [-0.05, 0) is 60.3 Å². The molecule has 1 saturated heterocycles. The molecule has 0 amide bonds. The third kappa shape index (κ3) is 4.99. The molecule has 0 bridgehead atoms. The van der Waals surface area contributed by atoms with E-state index in [0.717, 1.165) is 5.56 Å². The Morgan fingerprint density at radius 1 is 1.19 bits per heavy atom. The first kappa shape index (κ1) is 23.4. The number of rotatable bonds is 8. The predicted octanol–water partition coefficient (Wildman–Crippen LogP) is 3.24. The lowest BCUT2D eigenvalue weighted by Gasteiger charge is -2.43. The summed E-state index contributed by atoms with van der Waals surface area (Å²) in [6, 6.07) is 10.8. The molecule has 0 aromatic heterocycles. The first-order valence-corrected chi connectivity index (χ1v) is 12.1. The lowest BCUT2D eigenvalue weighted by atomic mass is 9.97. The van der Waals surface area contributed by atoms with Gasteiger partial charge in [-0.15, -0.1) is 0 Å². The largest absolute Gasteiger partial charge is 0.508 e. The van der Waals surface area contributed by atoms with Gasteiger partial charge in [-0.25, -0.2) is 4.39 Å². The number of nitrogens with zero attached hydrogens (tertiary/aromatic N) is 1. The van der Waals surface area contributed by atoms with E-state index in [1.165, 1.54) is 24.3 Å². The molecule has 7 nitrogen and oxygen atoms in total. The Labute approximate surface area is 180 Å². The van der Waals surface area contributed by atoms with Gasteiger partial charge in [0, 0.05) is 25.8 Å². The van der Waals surface area contributed by atoms with Crippen LogP contribution in [0.3, 0.4) is 0 Å². The van der Waals surface area contributed by atoms with E-state index in [4.69, 9.17) is 5.73 Å². The maximum atomic E-state index is 14.0. The first-order valence-electron chi connectivity index (χ1n) is 10.2. The molecule has 1 aliphatic heterocycles. The summed E-state index contributed by atoms with van der Waals surface area (Å²) in [6.45, 7) is 0.905. The van der Waals surface area contributed by atoms with E-state index in [1.54, 1.807) is 18.2 Å². The molecule has 168 valence electrons. The van der Waals surface area contributed by atoms with Crippen molar-refractivity contribution in [3.05, 3.63) is 53.8 Å². The highest BCUT2D eigenvalue weighted by molar-refractivity contribution is 7.61. The fourth-order valence-corrected chi connectivity index (χ4v) is 6.37. The van der Waals surface area contributed by atoms with Crippen molar-refractivity contribution in [3.63, 3.8) is 0 Å². The van der Waals surface area contributed by atoms with Crippen LogP contribution in [-0.2, 0) is 15.9 Å². The summed E-state index contributed by atoms with van der Waals surface area (Å²) >= 11 is 0. The molecule has 5 N–H and O–H groups in total. The van der Waals surface area contributed by atoms with Crippen molar-refractivity contribution in [1.29, 1.82) is 0 Å². The van der Waals surface area contributed by atoms with Crippen molar-refractivity contribution < 1.29 is 28.9 Å². The zero-order valence-corrected chi connectivity index (χ0v) is 18.1. The van der Waals surface area contributed by atoms with Crippen molar-refractivity contribution in [2.75, 3.05) is 25.8 Å². The highest BCUT2D eigenvalue weighted by atomic mass is 31.2. The molecule has 2 aromatic carbocycles. The summed E-state index contributed by atoms with van der Waals surface area (Å²) in [7, 11) is -3.92. The van der Waals surface area contributed by atoms with Crippen LogP contribution in [0.1, 0.15) is 24.8 Å². The van der Waals surface area contributed by atoms with Crippen LogP contribution in [0.5, 0.6) is 5.75 Å². The van der Waals surface area contributed by atoms with Crippen molar-refractivity contribution in [2.24, 2.45) is 5.73 Å². The van der Waals surface area contributed by atoms with Gasteiger partial charge in [0.1, 0.15) is 11.6 Å². The number of carboxylic acids is 1. The Morgan fingerprint density at radius 3 is 2.55 bits per heavy atom. The molecular weight excluding hydrogens is 422 g/mol. The highest BCUT2D eigenvalue weighted by Gasteiger charge is 2.56. The van der Waals surface area contributed by atoms with E-state index in [2.05, 4.69) is 0 Å². The van der Waals surface area contributed by atoms with Gasteiger partial charge in [-0.2, -0.15) is 0 Å². The molecule has 0 spiro atoms. The maximum absolute atomic E-state index is 14.0. The van der Waals surface area contributed by atoms with Crippen LogP contribution < -0.4 is 5.73 Å². The number of aromatic hydroxyl groups is 1. The van der Waals surface area contributed by atoms with Gasteiger partial charge < -0.3 is 20.8 Å². The van der Waals surface area contributed by atoms with E-state index in [-0.39, 0.29) is 31.4 Å². The third-order valence-corrected chi connectivity index (χ3v) is 8.66. The first-order chi connectivity index (χ1) is 14.7. The minimum absolute atomic E-state index is 0.0624. The molecule has 1 fully saturated rings. The number of halogens is 1. The molecule has 3 rings (SSSR count). The summed E-state index contributed by atoms with van der Waals surface area (Å²) in [5.74, 6) is -1.58. The average Bonchev–Trinajstić information content (AvgIpc) is 2.72. The van der Waals surface area contributed by atoms with E-state index in [9.17, 15) is 28.9 Å². The van der Waals surface area contributed by atoms with Crippen molar-refractivity contribution in [1.82, 2.24) is 4.90 Å². The second-order valence-electron chi connectivity index (χ2n) is 8.07. The van der Waals surface area contributed by atoms with Crippen LogP contribution in [0, 0.1) is 5.82 Å². The lowest BCUT2D eigenvalue weighted by molar-refractivity contribution is -0.141. The predicted molar refractivity (Wildman–Crippen MR) is 117 cm³/mol. The molecule has 1 heterocycles. The van der Waals surface area contributed by atoms with Crippen LogP contribution in [0.25, 0.3) is 11.1 Å². The number of carbonyl (C=O) groups is 1. The molecule has 0 radical (unpaired) electrons. The fraction of sp³-hybridized carbons (Fsp3) is 0.409. The molecular formula is C22H28FN2O5P. The van der Waals surface area contributed by atoms with Crippen LogP contribution in [0.15, 0.2) is 42.5 Å². The minimum atomic E-state index is -3.92. The van der Waals surface area contributed by atoms with Crippen LogP contribution in [0.2, 0.25) is 0 Å². The van der Waals surface area contributed by atoms with Crippen molar-refractivity contribution >= 4 is 13.3 Å². The van der Waals surface area contributed by atoms with E-state index >= 15 is 0 Å². The number of phenols is 1. The summed E-state index contributed by atoms with van der Waals surface area (Å²) in [5, 5.41) is 17.7. The SMILES string of the molecule is NCCCCC1(C(=O)O)CN(Cc2ccc(F)cc2-c2ccc(O)cc2)CCP1(=O)O. The van der Waals surface area contributed by atoms with E-state index in [0.29, 0.717) is 37.1 Å². The Kier molecular flexibility index (Phi) is 7.17. The van der Waals surface area contributed by atoms with Gasteiger partial charge in [0.15, 0.2) is 5.16 Å². The lowest BCUT2D eigenvalue weighted by Crippen LogP contribution is -2.53. The molecule has 31 heavy (non-hydrogen) atoms. The molecule has 2 aromatic rings. The Balaban J connectivity index is 1.90. The highest BCUT2D eigenvalue weighted by Crippen LogP contribution is 2.59. The standard InChI is InChI=1S/C22H28FN2O5P/c23-18-6-3-17(20(13-18)16-4-7-19(26)8-5-16)14-25-11-12-31(29,30)22(15-25,21(27)28)9-1-2-10-24/h3-8,13,26H,1-2,9-12,14-15,24H2,(H,27,28)(H,29,30). The summed E-state index contributed by atoms with van der Waals surface area (Å²) in [5.41, 5.74) is 7.62. The summed E-state index contributed by atoms with van der Waals surface area (Å²) < 4.78 is 26.9. The number of carboxylic acid groups (broad SMARTS) is 1. The van der Waals surface area contributed by atoms with Crippen LogP contribution in [-0.4, -0.2) is 56.9 Å². The number of unbranched alkanes of at least 4 members (excludes halogenated alkanes) is 1. The monoisotopic (exact) mass is 450 g/mol. The number of nitrogens with two attached hydrogens (primary N) is 1. The van der Waals surface area contributed by atoms with Gasteiger partial charge in [0.2, 0.25) is 7.37 Å². The van der Waals surface area contributed by atoms with Crippen molar-refractivity contribution in [3.8, 4) is 16.9 Å². The number of benzene rings is 2. The maximum Gasteiger partial charge on any atom is 0.320 e. The molecule has 1 aliphatic rings. The zero-order chi connectivity index (χ0) is 22.6. The van der Waals surface area contributed by atoms with Crippen LogP contribution >= 0.6 is 7.37 Å². The number of hydrogen-bond donors (Lipinski definition) is 4. The zero-order valence-electron chi connectivity index (χ0n) is 17.2. The topological polar surface area (TPSA) is 124 Å².